The Balaban J connectivity index is 3.06. The van der Waals surface area contributed by atoms with Gasteiger partial charge in [0, 0.05) is 10.7 Å². The van der Waals surface area contributed by atoms with Crippen molar-refractivity contribution in [3.05, 3.63) is 27.7 Å². The summed E-state index contributed by atoms with van der Waals surface area (Å²) in [6.45, 7) is 2.70. The first kappa shape index (κ1) is 15.5. The van der Waals surface area contributed by atoms with Gasteiger partial charge in [0.25, 0.3) is 0 Å². The number of nitrogens with one attached hydrogen (secondary N) is 1. The minimum absolute atomic E-state index is 0.343. The zero-order chi connectivity index (χ0) is 14.1. The van der Waals surface area contributed by atoms with Gasteiger partial charge in [0.05, 0.1) is 10.7 Å². The first-order valence-corrected chi connectivity index (χ1v) is 8.08. The highest BCUT2D eigenvalue weighted by Gasteiger charge is 2.38. The van der Waals surface area contributed by atoms with Crippen molar-refractivity contribution >= 4 is 49.0 Å². The van der Waals surface area contributed by atoms with Crippen LogP contribution in [0.3, 0.4) is 0 Å². The number of halogens is 2. The van der Waals surface area contributed by atoms with Crippen LogP contribution in [0.25, 0.3) is 0 Å². The zero-order valence-corrected chi connectivity index (χ0v) is 13.3. The molecule has 0 fully saturated rings. The molecule has 0 bridgehead atoms. The van der Waals surface area contributed by atoms with E-state index in [-0.39, 0.29) is 0 Å². The Morgan fingerprint density at radius 1 is 1.39 bits per heavy atom. The summed E-state index contributed by atoms with van der Waals surface area (Å²) in [6.07, 6.45) is 1.02. The lowest BCUT2D eigenvalue weighted by Gasteiger charge is -2.21. The Labute approximate surface area is 120 Å². The summed E-state index contributed by atoms with van der Waals surface area (Å²) in [7, 11) is -3.51. The molecule has 0 saturated heterocycles. The fourth-order valence-electron chi connectivity index (χ4n) is 1.03. The van der Waals surface area contributed by atoms with E-state index in [1.807, 2.05) is 0 Å². The molecule has 1 N–H and O–H groups in total. The molecule has 1 rings (SSSR count). The van der Waals surface area contributed by atoms with Gasteiger partial charge in [-0.2, -0.15) is 0 Å². The fraction of sp³-hybridized carbons (Fsp3) is 0.364. The van der Waals surface area contributed by atoms with Crippen LogP contribution in [0, 0.1) is 0 Å². The summed E-state index contributed by atoms with van der Waals surface area (Å²) >= 11 is 9.17. The molecule has 0 aliphatic heterocycles. The lowest BCUT2D eigenvalue weighted by atomic mass is 10.2. The number of benzene rings is 1. The average Bonchev–Trinajstić information content (AvgIpc) is 2.21. The molecular formula is C11H13BrClNO3S. The Morgan fingerprint density at radius 3 is 2.44 bits per heavy atom. The number of anilines is 1. The highest BCUT2D eigenvalue weighted by Crippen LogP contribution is 2.27. The lowest BCUT2D eigenvalue weighted by molar-refractivity contribution is -0.117. The van der Waals surface area contributed by atoms with Gasteiger partial charge in [-0.3, -0.25) is 4.79 Å². The van der Waals surface area contributed by atoms with Gasteiger partial charge in [-0.15, -0.1) is 0 Å². The molecule has 0 unspecified atom stereocenters. The van der Waals surface area contributed by atoms with Crippen molar-refractivity contribution in [3.63, 3.8) is 0 Å². The van der Waals surface area contributed by atoms with Crippen LogP contribution in [0.2, 0.25) is 5.02 Å². The number of rotatable bonds is 3. The molecule has 0 aliphatic carbocycles. The normalized spacial score (nSPS) is 12.3. The van der Waals surface area contributed by atoms with Gasteiger partial charge < -0.3 is 5.32 Å². The highest BCUT2D eigenvalue weighted by molar-refractivity contribution is 9.10. The first-order valence-electron chi connectivity index (χ1n) is 5.02. The molecule has 1 amide bonds. The molecule has 7 heteroatoms. The van der Waals surface area contributed by atoms with Crippen molar-refractivity contribution in [2.75, 3.05) is 11.6 Å². The molecule has 0 saturated carbocycles. The second-order valence-corrected chi connectivity index (χ2v) is 8.25. The van der Waals surface area contributed by atoms with Gasteiger partial charge in [-0.05, 0) is 32.0 Å². The smallest absolute Gasteiger partial charge is 0.245 e. The van der Waals surface area contributed by atoms with Crippen molar-refractivity contribution in [2.24, 2.45) is 0 Å². The summed E-state index contributed by atoms with van der Waals surface area (Å²) in [5, 5.41) is 2.86. The van der Waals surface area contributed by atoms with E-state index in [4.69, 9.17) is 11.6 Å². The van der Waals surface area contributed by atoms with Crippen molar-refractivity contribution in [2.45, 2.75) is 18.6 Å². The number of hydrogen-bond donors (Lipinski definition) is 1. The van der Waals surface area contributed by atoms with E-state index in [9.17, 15) is 13.2 Å². The summed E-state index contributed by atoms with van der Waals surface area (Å²) in [5.41, 5.74) is 0.368. The van der Waals surface area contributed by atoms with E-state index in [1.54, 1.807) is 18.2 Å². The van der Waals surface area contributed by atoms with E-state index < -0.39 is 20.5 Å². The van der Waals surface area contributed by atoms with Crippen LogP contribution in [0.5, 0.6) is 0 Å². The Bertz CT molecular complexity index is 584. The molecule has 0 spiro atoms. The Hall–Kier alpha value is -0.590. The minimum Gasteiger partial charge on any atom is -0.323 e. The third-order valence-corrected chi connectivity index (χ3v) is 5.51. The maximum atomic E-state index is 12.0. The molecule has 1 aromatic rings. The molecule has 4 nitrogen and oxygen atoms in total. The van der Waals surface area contributed by atoms with Gasteiger partial charge in [0.1, 0.15) is 4.75 Å². The molecule has 0 radical (unpaired) electrons. The summed E-state index contributed by atoms with van der Waals surface area (Å²) in [4.78, 5) is 12.0. The summed E-state index contributed by atoms with van der Waals surface area (Å²) in [5.74, 6) is -0.620. The number of amides is 1. The van der Waals surface area contributed by atoms with Crippen molar-refractivity contribution in [1.82, 2.24) is 0 Å². The van der Waals surface area contributed by atoms with E-state index in [2.05, 4.69) is 21.2 Å². The Kier molecular flexibility index (Phi) is 4.46. The molecule has 0 aliphatic rings. The monoisotopic (exact) mass is 353 g/mol. The van der Waals surface area contributed by atoms with Gasteiger partial charge in [0.2, 0.25) is 5.91 Å². The lowest BCUT2D eigenvalue weighted by Crippen LogP contribution is -2.43. The second-order valence-electron chi connectivity index (χ2n) is 4.36. The van der Waals surface area contributed by atoms with Gasteiger partial charge in [-0.25, -0.2) is 8.42 Å². The molecular weight excluding hydrogens is 342 g/mol. The second kappa shape index (κ2) is 5.19. The fourth-order valence-corrected chi connectivity index (χ4v) is 1.95. The number of hydrogen-bond acceptors (Lipinski definition) is 3. The van der Waals surface area contributed by atoms with E-state index in [0.717, 1.165) is 10.7 Å². The quantitative estimate of drug-likeness (QED) is 0.908. The van der Waals surface area contributed by atoms with Crippen LogP contribution in [0.15, 0.2) is 22.7 Å². The van der Waals surface area contributed by atoms with Crippen molar-refractivity contribution < 1.29 is 13.2 Å². The van der Waals surface area contributed by atoms with E-state index >= 15 is 0 Å². The molecule has 1 aromatic carbocycles. The Morgan fingerprint density at radius 2 is 1.94 bits per heavy atom. The standard InChI is InChI=1S/C11H13BrClNO3S/c1-11(2,18(3,16)17)10(15)14-9-6-7(12)4-5-8(9)13/h4-6H,1-3H3,(H,14,15). The zero-order valence-electron chi connectivity index (χ0n) is 10.1. The van der Waals surface area contributed by atoms with E-state index in [0.29, 0.717) is 10.7 Å². The van der Waals surface area contributed by atoms with Crippen LogP contribution in [0.4, 0.5) is 5.69 Å². The molecule has 0 atom stereocenters. The third kappa shape index (κ3) is 3.24. The summed E-state index contributed by atoms with van der Waals surface area (Å²) in [6, 6.07) is 4.94. The molecule has 100 valence electrons. The SMILES string of the molecule is CC(C)(C(=O)Nc1cc(Br)ccc1Cl)S(C)(=O)=O. The van der Waals surface area contributed by atoms with Gasteiger partial charge >= 0.3 is 0 Å². The third-order valence-electron chi connectivity index (χ3n) is 2.65. The predicted octanol–water partition coefficient (Wildman–Crippen LogP) is 2.86. The van der Waals surface area contributed by atoms with Crippen molar-refractivity contribution in [3.8, 4) is 0 Å². The molecule has 18 heavy (non-hydrogen) atoms. The summed E-state index contributed by atoms with van der Waals surface area (Å²) < 4.78 is 22.3. The van der Waals surface area contributed by atoms with Crippen LogP contribution in [-0.2, 0) is 14.6 Å². The predicted molar refractivity (Wildman–Crippen MR) is 76.7 cm³/mol. The maximum Gasteiger partial charge on any atom is 0.245 e. The van der Waals surface area contributed by atoms with Crippen LogP contribution >= 0.6 is 27.5 Å². The highest BCUT2D eigenvalue weighted by atomic mass is 79.9. The minimum atomic E-state index is -3.51. The number of carbonyl (C=O) groups is 1. The van der Waals surface area contributed by atoms with Crippen molar-refractivity contribution in [1.29, 1.82) is 0 Å². The largest absolute Gasteiger partial charge is 0.323 e. The van der Waals surface area contributed by atoms with Crippen LogP contribution in [0.1, 0.15) is 13.8 Å². The maximum absolute atomic E-state index is 12.0. The van der Waals surface area contributed by atoms with Gasteiger partial charge in [0.15, 0.2) is 9.84 Å². The number of carbonyl (C=O) groups excluding carboxylic acids is 1. The van der Waals surface area contributed by atoms with Crippen LogP contribution < -0.4 is 5.32 Å². The average molecular weight is 355 g/mol. The molecule has 0 heterocycles. The first-order chi connectivity index (χ1) is 8.05. The van der Waals surface area contributed by atoms with E-state index in [1.165, 1.54) is 13.8 Å². The van der Waals surface area contributed by atoms with Gasteiger partial charge in [-0.1, -0.05) is 27.5 Å². The number of sulfone groups is 1. The van der Waals surface area contributed by atoms with Crippen LogP contribution in [-0.4, -0.2) is 25.3 Å². The topological polar surface area (TPSA) is 63.2 Å². The molecule has 0 aromatic heterocycles.